The summed E-state index contributed by atoms with van der Waals surface area (Å²) in [4.78, 5) is 16.6. The van der Waals surface area contributed by atoms with E-state index in [-0.39, 0.29) is 12.5 Å². The number of hydrogen-bond donors (Lipinski definition) is 1. The standard InChI is InChI=1S/C19H15N3O2/c1-13-18(15-7-3-2-4-8-15)22-17(24-13)12-21-19(23)16-9-5-6-14(10-16)11-20/h2-10H,12H2,1H3,(H,21,23). The van der Waals surface area contributed by atoms with Crippen molar-refractivity contribution in [2.24, 2.45) is 0 Å². The SMILES string of the molecule is Cc1oc(CNC(=O)c2cccc(C#N)c2)nc1-c1ccccc1. The summed E-state index contributed by atoms with van der Waals surface area (Å²) >= 11 is 0. The van der Waals surface area contributed by atoms with Crippen molar-refractivity contribution >= 4 is 5.91 Å². The molecule has 0 aliphatic carbocycles. The van der Waals surface area contributed by atoms with E-state index in [1.807, 2.05) is 43.3 Å². The summed E-state index contributed by atoms with van der Waals surface area (Å²) in [5.74, 6) is 0.872. The third-order valence-corrected chi connectivity index (χ3v) is 3.54. The van der Waals surface area contributed by atoms with Crippen LogP contribution in [-0.4, -0.2) is 10.9 Å². The van der Waals surface area contributed by atoms with Crippen molar-refractivity contribution < 1.29 is 9.21 Å². The topological polar surface area (TPSA) is 78.9 Å². The highest BCUT2D eigenvalue weighted by molar-refractivity contribution is 5.94. The Balaban J connectivity index is 1.71. The van der Waals surface area contributed by atoms with Crippen LogP contribution in [0.5, 0.6) is 0 Å². The molecule has 2 aromatic carbocycles. The maximum atomic E-state index is 12.2. The molecule has 3 aromatic rings. The van der Waals surface area contributed by atoms with Crippen molar-refractivity contribution in [3.63, 3.8) is 0 Å². The summed E-state index contributed by atoms with van der Waals surface area (Å²) in [6.45, 7) is 2.03. The molecule has 0 aliphatic rings. The maximum Gasteiger partial charge on any atom is 0.251 e. The Kier molecular flexibility index (Phi) is 4.39. The number of aromatic nitrogens is 1. The molecule has 0 aliphatic heterocycles. The Labute approximate surface area is 139 Å². The molecular formula is C19H15N3O2. The fourth-order valence-electron chi connectivity index (χ4n) is 2.38. The van der Waals surface area contributed by atoms with E-state index in [0.717, 1.165) is 11.3 Å². The largest absolute Gasteiger partial charge is 0.443 e. The Morgan fingerprint density at radius 1 is 1.21 bits per heavy atom. The molecule has 0 unspecified atom stereocenters. The summed E-state index contributed by atoms with van der Waals surface area (Å²) in [7, 11) is 0. The summed E-state index contributed by atoms with van der Waals surface area (Å²) in [6.07, 6.45) is 0. The third-order valence-electron chi connectivity index (χ3n) is 3.54. The number of nitriles is 1. The van der Waals surface area contributed by atoms with Gasteiger partial charge in [0, 0.05) is 11.1 Å². The van der Waals surface area contributed by atoms with Gasteiger partial charge in [-0.05, 0) is 25.1 Å². The lowest BCUT2D eigenvalue weighted by molar-refractivity contribution is 0.0947. The van der Waals surface area contributed by atoms with Gasteiger partial charge in [0.2, 0.25) is 5.89 Å². The van der Waals surface area contributed by atoms with Crippen molar-refractivity contribution in [3.8, 4) is 17.3 Å². The zero-order valence-corrected chi connectivity index (χ0v) is 13.1. The molecule has 1 aromatic heterocycles. The lowest BCUT2D eigenvalue weighted by Gasteiger charge is -2.02. The molecule has 0 saturated carbocycles. The molecule has 1 amide bonds. The molecule has 5 heteroatoms. The van der Waals surface area contributed by atoms with Gasteiger partial charge in [-0.15, -0.1) is 0 Å². The van der Waals surface area contributed by atoms with Gasteiger partial charge < -0.3 is 9.73 Å². The second-order valence-electron chi connectivity index (χ2n) is 5.25. The van der Waals surface area contributed by atoms with Crippen molar-refractivity contribution in [1.29, 1.82) is 5.26 Å². The molecule has 24 heavy (non-hydrogen) atoms. The van der Waals surface area contributed by atoms with Gasteiger partial charge in [-0.25, -0.2) is 4.98 Å². The third kappa shape index (κ3) is 3.33. The molecule has 0 radical (unpaired) electrons. The minimum absolute atomic E-state index is 0.184. The normalized spacial score (nSPS) is 10.2. The van der Waals surface area contributed by atoms with Crippen molar-refractivity contribution in [3.05, 3.63) is 77.4 Å². The van der Waals surface area contributed by atoms with Crippen LogP contribution in [0.2, 0.25) is 0 Å². The summed E-state index contributed by atoms with van der Waals surface area (Å²) in [5.41, 5.74) is 2.62. The van der Waals surface area contributed by atoms with Crippen molar-refractivity contribution in [1.82, 2.24) is 10.3 Å². The van der Waals surface area contributed by atoms with Gasteiger partial charge in [-0.1, -0.05) is 36.4 Å². The quantitative estimate of drug-likeness (QED) is 0.799. The van der Waals surface area contributed by atoms with Crippen LogP contribution >= 0.6 is 0 Å². The van der Waals surface area contributed by atoms with E-state index in [9.17, 15) is 4.79 Å². The Hall–Kier alpha value is -3.39. The molecule has 1 heterocycles. The number of oxazole rings is 1. The van der Waals surface area contributed by atoms with E-state index in [1.165, 1.54) is 0 Å². The minimum atomic E-state index is -0.274. The zero-order valence-electron chi connectivity index (χ0n) is 13.1. The predicted octanol–water partition coefficient (Wildman–Crippen LogP) is 3.45. The first-order valence-electron chi connectivity index (χ1n) is 7.47. The monoisotopic (exact) mass is 317 g/mol. The number of aryl methyl sites for hydroxylation is 1. The molecule has 0 atom stereocenters. The van der Waals surface area contributed by atoms with Crippen molar-refractivity contribution in [2.75, 3.05) is 0 Å². The maximum absolute atomic E-state index is 12.2. The van der Waals surface area contributed by atoms with Crippen LogP contribution in [0.25, 0.3) is 11.3 Å². The second-order valence-corrected chi connectivity index (χ2v) is 5.25. The average molecular weight is 317 g/mol. The van der Waals surface area contributed by atoms with E-state index >= 15 is 0 Å². The van der Waals surface area contributed by atoms with Crippen molar-refractivity contribution in [2.45, 2.75) is 13.5 Å². The summed E-state index contributed by atoms with van der Waals surface area (Å²) in [6, 6.07) is 18.3. The molecule has 0 bridgehead atoms. The second kappa shape index (κ2) is 6.80. The van der Waals surface area contributed by atoms with Gasteiger partial charge in [0.15, 0.2) is 0 Å². The van der Waals surface area contributed by atoms with E-state index in [1.54, 1.807) is 24.3 Å². The fraction of sp³-hybridized carbons (Fsp3) is 0.105. The van der Waals surface area contributed by atoms with E-state index < -0.39 is 0 Å². The first-order valence-corrected chi connectivity index (χ1v) is 7.47. The number of amides is 1. The van der Waals surface area contributed by atoms with Gasteiger partial charge in [-0.3, -0.25) is 4.79 Å². The molecule has 5 nitrogen and oxygen atoms in total. The van der Waals surface area contributed by atoms with E-state index in [2.05, 4.69) is 10.3 Å². The number of carbonyl (C=O) groups excluding carboxylic acids is 1. The minimum Gasteiger partial charge on any atom is -0.443 e. The highest BCUT2D eigenvalue weighted by Crippen LogP contribution is 2.22. The van der Waals surface area contributed by atoms with E-state index in [4.69, 9.17) is 9.68 Å². The number of benzene rings is 2. The molecule has 3 rings (SSSR count). The lowest BCUT2D eigenvalue weighted by Crippen LogP contribution is -2.23. The van der Waals surface area contributed by atoms with Gasteiger partial charge in [0.25, 0.3) is 5.91 Å². The van der Waals surface area contributed by atoms with Gasteiger partial charge in [0.1, 0.15) is 11.5 Å². The number of nitrogens with zero attached hydrogens (tertiary/aromatic N) is 2. The molecule has 118 valence electrons. The Morgan fingerprint density at radius 2 is 2.00 bits per heavy atom. The summed E-state index contributed by atoms with van der Waals surface area (Å²) < 4.78 is 5.62. The van der Waals surface area contributed by atoms with Crippen LogP contribution in [0.1, 0.15) is 27.6 Å². The first-order chi connectivity index (χ1) is 11.7. The zero-order chi connectivity index (χ0) is 16.9. The fourth-order valence-corrected chi connectivity index (χ4v) is 2.38. The first kappa shape index (κ1) is 15.5. The van der Waals surface area contributed by atoms with Gasteiger partial charge in [0.05, 0.1) is 18.2 Å². The number of carbonyl (C=O) groups is 1. The molecule has 0 saturated heterocycles. The summed E-state index contributed by atoms with van der Waals surface area (Å²) in [5, 5.41) is 11.6. The Morgan fingerprint density at radius 3 is 2.75 bits per heavy atom. The highest BCUT2D eigenvalue weighted by Gasteiger charge is 2.13. The molecule has 0 spiro atoms. The van der Waals surface area contributed by atoms with Crippen LogP contribution in [0.3, 0.4) is 0 Å². The van der Waals surface area contributed by atoms with Gasteiger partial charge in [-0.2, -0.15) is 5.26 Å². The molecule has 0 fully saturated rings. The number of nitrogens with one attached hydrogen (secondary N) is 1. The predicted molar refractivity (Wildman–Crippen MR) is 89.0 cm³/mol. The van der Waals surface area contributed by atoms with Crippen LogP contribution in [0.4, 0.5) is 0 Å². The lowest BCUT2D eigenvalue weighted by atomic mass is 10.1. The smallest absolute Gasteiger partial charge is 0.251 e. The molecular weight excluding hydrogens is 302 g/mol. The number of rotatable bonds is 4. The highest BCUT2D eigenvalue weighted by atomic mass is 16.4. The average Bonchev–Trinajstić information content (AvgIpc) is 3.01. The molecule has 1 N–H and O–H groups in total. The number of hydrogen-bond acceptors (Lipinski definition) is 4. The van der Waals surface area contributed by atoms with E-state index in [0.29, 0.717) is 22.8 Å². The van der Waals surface area contributed by atoms with Crippen LogP contribution in [0.15, 0.2) is 59.0 Å². The Bertz CT molecular complexity index is 908. The van der Waals surface area contributed by atoms with Crippen LogP contribution in [0, 0.1) is 18.3 Å². The van der Waals surface area contributed by atoms with Crippen LogP contribution in [-0.2, 0) is 6.54 Å². The van der Waals surface area contributed by atoms with Crippen LogP contribution < -0.4 is 5.32 Å². The van der Waals surface area contributed by atoms with Gasteiger partial charge >= 0.3 is 0 Å².